The van der Waals surface area contributed by atoms with Crippen LogP contribution in [0.1, 0.15) is 22.5 Å². The third-order valence-electron chi connectivity index (χ3n) is 3.60. The molecule has 1 aliphatic rings. The van der Waals surface area contributed by atoms with Crippen molar-refractivity contribution in [2.45, 2.75) is 12.8 Å². The Morgan fingerprint density at radius 1 is 1.38 bits per heavy atom. The van der Waals surface area contributed by atoms with Gasteiger partial charge in [0, 0.05) is 17.8 Å². The van der Waals surface area contributed by atoms with Gasteiger partial charge in [-0.15, -0.1) is 11.3 Å². The van der Waals surface area contributed by atoms with Gasteiger partial charge in [0.1, 0.15) is 5.82 Å². The van der Waals surface area contributed by atoms with E-state index < -0.39 is 0 Å². The predicted molar refractivity (Wildman–Crippen MR) is 84.3 cm³/mol. The maximum Gasteiger partial charge on any atom is 0.261 e. The van der Waals surface area contributed by atoms with E-state index in [0.29, 0.717) is 11.4 Å². The zero-order chi connectivity index (χ0) is 14.7. The molecule has 0 saturated heterocycles. The second-order valence-corrected chi connectivity index (χ2v) is 6.20. The minimum absolute atomic E-state index is 0.0776. The molecule has 1 aromatic carbocycles. The molecular weight excluding hydrogens is 287 g/mol. The van der Waals surface area contributed by atoms with Crippen molar-refractivity contribution in [1.82, 2.24) is 10.6 Å². The van der Waals surface area contributed by atoms with Gasteiger partial charge >= 0.3 is 0 Å². The zero-order valence-corrected chi connectivity index (χ0v) is 12.4. The second-order valence-electron chi connectivity index (χ2n) is 5.12. The number of benzene rings is 1. The number of carbonyl (C=O) groups is 1. The fraction of sp³-hybridized carbons (Fsp3) is 0.312. The van der Waals surface area contributed by atoms with E-state index in [9.17, 15) is 9.18 Å². The first-order valence-corrected chi connectivity index (χ1v) is 7.90. The van der Waals surface area contributed by atoms with E-state index in [2.05, 4.69) is 16.7 Å². The van der Waals surface area contributed by atoms with E-state index in [0.717, 1.165) is 36.0 Å². The van der Waals surface area contributed by atoms with E-state index >= 15 is 0 Å². The smallest absolute Gasteiger partial charge is 0.261 e. The van der Waals surface area contributed by atoms with Gasteiger partial charge in [-0.25, -0.2) is 4.39 Å². The van der Waals surface area contributed by atoms with Gasteiger partial charge in [-0.1, -0.05) is 17.7 Å². The normalized spacial score (nSPS) is 15.0. The van der Waals surface area contributed by atoms with Crippen LogP contribution in [0.3, 0.4) is 0 Å². The molecule has 0 aliphatic carbocycles. The zero-order valence-electron chi connectivity index (χ0n) is 11.6. The number of nitrogens with one attached hydrogen (secondary N) is 2. The summed E-state index contributed by atoms with van der Waals surface area (Å²) in [5.74, 6) is -0.347. The Labute approximate surface area is 126 Å². The van der Waals surface area contributed by atoms with E-state index in [4.69, 9.17) is 0 Å². The topological polar surface area (TPSA) is 41.1 Å². The second kappa shape index (κ2) is 6.37. The molecule has 0 radical (unpaired) electrons. The van der Waals surface area contributed by atoms with Crippen molar-refractivity contribution in [3.63, 3.8) is 0 Å². The highest BCUT2D eigenvalue weighted by Crippen LogP contribution is 2.26. The largest absolute Gasteiger partial charge is 0.351 e. The van der Waals surface area contributed by atoms with E-state index in [1.54, 1.807) is 6.07 Å². The molecule has 1 aliphatic heterocycles. The van der Waals surface area contributed by atoms with Crippen LogP contribution in [-0.4, -0.2) is 25.5 Å². The first-order valence-electron chi connectivity index (χ1n) is 7.08. The Hall–Kier alpha value is -1.72. The molecule has 0 saturated carbocycles. The van der Waals surface area contributed by atoms with Gasteiger partial charge in [-0.2, -0.15) is 0 Å². The molecule has 2 N–H and O–H groups in total. The van der Waals surface area contributed by atoms with Crippen LogP contribution >= 0.6 is 11.3 Å². The molecule has 21 heavy (non-hydrogen) atoms. The number of thiophene rings is 1. The van der Waals surface area contributed by atoms with Crippen molar-refractivity contribution in [3.05, 3.63) is 46.6 Å². The number of carbonyl (C=O) groups excluding carboxylic acids is 1. The van der Waals surface area contributed by atoms with Crippen LogP contribution < -0.4 is 10.6 Å². The van der Waals surface area contributed by atoms with Crippen molar-refractivity contribution < 1.29 is 9.18 Å². The maximum absolute atomic E-state index is 13.2. The molecule has 0 unspecified atom stereocenters. The summed E-state index contributed by atoms with van der Waals surface area (Å²) in [5, 5.41) is 7.11. The van der Waals surface area contributed by atoms with E-state index in [1.807, 2.05) is 6.07 Å². The van der Waals surface area contributed by atoms with Crippen molar-refractivity contribution in [1.29, 1.82) is 0 Å². The summed E-state index contributed by atoms with van der Waals surface area (Å²) in [5.41, 5.74) is 1.40. The molecule has 0 spiro atoms. The highest BCUT2D eigenvalue weighted by Gasteiger charge is 2.11. The Morgan fingerprint density at radius 3 is 3.10 bits per heavy atom. The lowest BCUT2D eigenvalue weighted by atomic mass is 10.1. The fourth-order valence-electron chi connectivity index (χ4n) is 2.44. The lowest BCUT2D eigenvalue weighted by Crippen LogP contribution is -2.26. The highest BCUT2D eigenvalue weighted by molar-refractivity contribution is 7.20. The summed E-state index contributed by atoms with van der Waals surface area (Å²) >= 11 is 1.33. The summed E-state index contributed by atoms with van der Waals surface area (Å²) in [6.07, 6.45) is 4.14. The van der Waals surface area contributed by atoms with Crippen molar-refractivity contribution >= 4 is 27.3 Å². The third-order valence-corrected chi connectivity index (χ3v) is 4.69. The van der Waals surface area contributed by atoms with Gasteiger partial charge in [0.25, 0.3) is 5.91 Å². The molecule has 5 heteroatoms. The lowest BCUT2D eigenvalue weighted by molar-refractivity contribution is 0.0958. The van der Waals surface area contributed by atoms with Gasteiger partial charge in [-0.3, -0.25) is 4.79 Å². The van der Waals surface area contributed by atoms with Crippen LogP contribution in [0.2, 0.25) is 0 Å². The molecule has 1 amide bonds. The average Bonchev–Trinajstić information content (AvgIpc) is 2.91. The molecule has 1 aromatic heterocycles. The average molecular weight is 304 g/mol. The summed E-state index contributed by atoms with van der Waals surface area (Å²) < 4.78 is 14.0. The molecule has 3 rings (SSSR count). The third kappa shape index (κ3) is 3.49. The standard InChI is InChI=1S/C16H17FN2OS/c17-13-2-1-12-9-15(21-14(12)10-13)16(20)19-8-5-11-3-6-18-7-4-11/h1-3,9-10,18H,4-8H2,(H,19,20). The van der Waals surface area contributed by atoms with Gasteiger partial charge in [-0.05, 0) is 43.0 Å². The molecule has 0 fully saturated rings. The molecule has 2 heterocycles. The molecule has 3 nitrogen and oxygen atoms in total. The molecular formula is C16H17FN2OS. The number of halogens is 1. The van der Waals surface area contributed by atoms with Gasteiger partial charge in [0.2, 0.25) is 0 Å². The van der Waals surface area contributed by atoms with Gasteiger partial charge in [0.15, 0.2) is 0 Å². The minimum atomic E-state index is -0.269. The summed E-state index contributed by atoms with van der Waals surface area (Å²) in [4.78, 5) is 12.7. The van der Waals surface area contributed by atoms with Gasteiger partial charge in [0.05, 0.1) is 4.88 Å². The SMILES string of the molecule is O=C(NCCC1=CCNCC1)c1cc2ccc(F)cc2s1. The van der Waals surface area contributed by atoms with Gasteiger partial charge < -0.3 is 10.6 Å². The van der Waals surface area contributed by atoms with Crippen LogP contribution in [-0.2, 0) is 0 Å². The summed E-state index contributed by atoms with van der Waals surface area (Å²) in [6, 6.07) is 6.41. The molecule has 0 bridgehead atoms. The number of fused-ring (bicyclic) bond motifs is 1. The van der Waals surface area contributed by atoms with E-state index in [1.165, 1.54) is 29.0 Å². The Kier molecular flexibility index (Phi) is 4.31. The number of hydrogen-bond donors (Lipinski definition) is 2. The van der Waals surface area contributed by atoms with E-state index in [-0.39, 0.29) is 11.7 Å². The van der Waals surface area contributed by atoms with Crippen LogP contribution in [0.5, 0.6) is 0 Å². The fourth-order valence-corrected chi connectivity index (χ4v) is 3.44. The summed E-state index contributed by atoms with van der Waals surface area (Å²) in [6.45, 7) is 2.58. The van der Waals surface area contributed by atoms with Crippen LogP contribution in [0.25, 0.3) is 10.1 Å². The van der Waals surface area contributed by atoms with Crippen molar-refractivity contribution in [2.75, 3.05) is 19.6 Å². The Bertz CT molecular complexity index is 693. The Balaban J connectivity index is 1.60. The molecule has 0 atom stereocenters. The van der Waals surface area contributed by atoms with Crippen molar-refractivity contribution in [2.24, 2.45) is 0 Å². The highest BCUT2D eigenvalue weighted by atomic mass is 32.1. The number of hydrogen-bond acceptors (Lipinski definition) is 3. The quantitative estimate of drug-likeness (QED) is 0.852. The van der Waals surface area contributed by atoms with Crippen LogP contribution in [0.15, 0.2) is 35.9 Å². The minimum Gasteiger partial charge on any atom is -0.351 e. The predicted octanol–water partition coefficient (Wildman–Crippen LogP) is 3.08. The van der Waals surface area contributed by atoms with Crippen LogP contribution in [0.4, 0.5) is 4.39 Å². The molecule has 110 valence electrons. The first kappa shape index (κ1) is 14.2. The molecule has 2 aromatic rings. The number of rotatable bonds is 4. The Morgan fingerprint density at radius 2 is 2.29 bits per heavy atom. The number of amides is 1. The first-order chi connectivity index (χ1) is 10.2. The van der Waals surface area contributed by atoms with Crippen LogP contribution in [0, 0.1) is 5.82 Å². The summed E-state index contributed by atoms with van der Waals surface area (Å²) in [7, 11) is 0. The monoisotopic (exact) mass is 304 g/mol. The van der Waals surface area contributed by atoms with Crippen molar-refractivity contribution in [3.8, 4) is 0 Å². The lowest BCUT2D eigenvalue weighted by Gasteiger charge is -2.13. The maximum atomic E-state index is 13.2.